The first-order chi connectivity index (χ1) is 13.2. The average Bonchev–Trinajstić information content (AvgIpc) is 3.09. The first-order valence-electron chi connectivity index (χ1n) is 8.73. The number of amides is 1. The van der Waals surface area contributed by atoms with E-state index in [4.69, 9.17) is 9.47 Å². The van der Waals surface area contributed by atoms with E-state index in [1.54, 1.807) is 6.07 Å². The predicted octanol–water partition coefficient (Wildman–Crippen LogP) is 4.35. The van der Waals surface area contributed by atoms with Gasteiger partial charge in [0.1, 0.15) is 29.2 Å². The van der Waals surface area contributed by atoms with E-state index in [1.807, 2.05) is 48.5 Å². The molecule has 1 atom stereocenters. The van der Waals surface area contributed by atoms with Crippen LogP contribution in [0.2, 0.25) is 0 Å². The van der Waals surface area contributed by atoms with Crippen molar-refractivity contribution in [1.82, 2.24) is 5.32 Å². The summed E-state index contributed by atoms with van der Waals surface area (Å²) in [5, 5.41) is 2.80. The maximum atomic E-state index is 13.2. The van der Waals surface area contributed by atoms with Crippen LogP contribution in [0, 0.1) is 5.82 Å². The molecule has 1 aliphatic heterocycles. The van der Waals surface area contributed by atoms with Gasteiger partial charge in [0.2, 0.25) is 0 Å². The molecule has 0 spiro atoms. The first kappa shape index (κ1) is 17.1. The van der Waals surface area contributed by atoms with Crippen molar-refractivity contribution >= 4 is 5.91 Å². The number of carbonyl (C=O) groups excluding carboxylic acids is 1. The minimum atomic E-state index is -0.432. The van der Waals surface area contributed by atoms with Crippen molar-refractivity contribution in [3.05, 3.63) is 89.7 Å². The van der Waals surface area contributed by atoms with Gasteiger partial charge in [0.15, 0.2) is 0 Å². The Morgan fingerprint density at radius 2 is 1.89 bits per heavy atom. The number of hydrogen-bond donors (Lipinski definition) is 1. The van der Waals surface area contributed by atoms with Crippen LogP contribution in [-0.2, 0) is 6.42 Å². The van der Waals surface area contributed by atoms with E-state index >= 15 is 0 Å². The van der Waals surface area contributed by atoms with Crippen LogP contribution in [0.1, 0.15) is 15.9 Å². The molecule has 4 nitrogen and oxygen atoms in total. The van der Waals surface area contributed by atoms with Gasteiger partial charge in [-0.15, -0.1) is 0 Å². The third kappa shape index (κ3) is 4.08. The highest BCUT2D eigenvalue weighted by molar-refractivity contribution is 5.94. The van der Waals surface area contributed by atoms with Gasteiger partial charge in [-0.2, -0.15) is 0 Å². The fraction of sp³-hybridized carbons (Fsp3) is 0.136. The molecule has 3 aromatic carbocycles. The second kappa shape index (κ2) is 7.50. The summed E-state index contributed by atoms with van der Waals surface area (Å²) in [4.78, 5) is 12.1. The first-order valence-corrected chi connectivity index (χ1v) is 8.73. The van der Waals surface area contributed by atoms with E-state index in [0.717, 1.165) is 22.8 Å². The maximum absolute atomic E-state index is 13.2. The number of carbonyl (C=O) groups is 1. The van der Waals surface area contributed by atoms with Gasteiger partial charge in [-0.3, -0.25) is 4.79 Å². The summed E-state index contributed by atoms with van der Waals surface area (Å²) < 4.78 is 24.9. The number of rotatable bonds is 5. The molecule has 0 radical (unpaired) electrons. The lowest BCUT2D eigenvalue weighted by molar-refractivity contribution is 0.0933. The lowest BCUT2D eigenvalue weighted by Crippen LogP contribution is -2.34. The molecule has 0 saturated carbocycles. The lowest BCUT2D eigenvalue weighted by atomic mass is 10.1. The molecule has 0 aliphatic carbocycles. The maximum Gasteiger partial charge on any atom is 0.251 e. The third-order valence-corrected chi connectivity index (χ3v) is 4.33. The summed E-state index contributed by atoms with van der Waals surface area (Å²) in [6.07, 6.45) is 0.509. The number of nitrogens with one attached hydrogen (secondary N) is 1. The standard InChI is InChI=1S/C22H18FNO3/c23-17-6-4-5-15(11-17)22(25)24-14-20-13-16-12-19(9-10-21(16)27-20)26-18-7-2-1-3-8-18/h1-12,20H,13-14H2,(H,24,25). The Morgan fingerprint density at radius 3 is 2.70 bits per heavy atom. The van der Waals surface area contributed by atoms with Crippen LogP contribution >= 0.6 is 0 Å². The Kier molecular flexibility index (Phi) is 4.75. The molecular formula is C22H18FNO3. The van der Waals surface area contributed by atoms with E-state index in [1.165, 1.54) is 18.2 Å². The van der Waals surface area contributed by atoms with Crippen molar-refractivity contribution in [3.63, 3.8) is 0 Å². The lowest BCUT2D eigenvalue weighted by Gasteiger charge is -2.12. The summed E-state index contributed by atoms with van der Waals surface area (Å²) in [7, 11) is 0. The molecule has 0 saturated heterocycles. The van der Waals surface area contributed by atoms with Crippen molar-refractivity contribution in [1.29, 1.82) is 0 Å². The second-order valence-electron chi connectivity index (χ2n) is 6.35. The van der Waals surface area contributed by atoms with Crippen molar-refractivity contribution in [2.45, 2.75) is 12.5 Å². The minimum absolute atomic E-state index is 0.163. The van der Waals surface area contributed by atoms with Crippen LogP contribution in [-0.4, -0.2) is 18.6 Å². The molecule has 27 heavy (non-hydrogen) atoms. The highest BCUT2D eigenvalue weighted by Crippen LogP contribution is 2.33. The minimum Gasteiger partial charge on any atom is -0.488 e. The summed E-state index contributed by atoms with van der Waals surface area (Å²) in [6, 6.07) is 20.9. The Bertz CT molecular complexity index is 959. The SMILES string of the molecule is O=C(NCC1Cc2cc(Oc3ccccc3)ccc2O1)c1cccc(F)c1. The Balaban J connectivity index is 1.36. The Morgan fingerprint density at radius 1 is 1.04 bits per heavy atom. The van der Waals surface area contributed by atoms with Gasteiger partial charge in [-0.1, -0.05) is 24.3 Å². The van der Waals surface area contributed by atoms with Crippen LogP contribution < -0.4 is 14.8 Å². The smallest absolute Gasteiger partial charge is 0.251 e. The van der Waals surface area contributed by atoms with E-state index < -0.39 is 5.82 Å². The number of hydrogen-bond acceptors (Lipinski definition) is 3. The van der Waals surface area contributed by atoms with Crippen molar-refractivity contribution in [2.75, 3.05) is 6.54 Å². The van der Waals surface area contributed by atoms with Gasteiger partial charge in [-0.25, -0.2) is 4.39 Å². The fourth-order valence-electron chi connectivity index (χ4n) is 3.04. The second-order valence-corrected chi connectivity index (χ2v) is 6.35. The molecule has 1 aliphatic rings. The molecule has 0 bridgehead atoms. The molecule has 1 N–H and O–H groups in total. The van der Waals surface area contributed by atoms with Crippen molar-refractivity contribution in [2.24, 2.45) is 0 Å². The zero-order valence-electron chi connectivity index (χ0n) is 14.5. The van der Waals surface area contributed by atoms with E-state index in [9.17, 15) is 9.18 Å². The number of benzene rings is 3. The zero-order valence-corrected chi connectivity index (χ0v) is 14.5. The largest absolute Gasteiger partial charge is 0.488 e. The van der Waals surface area contributed by atoms with Gasteiger partial charge < -0.3 is 14.8 Å². The van der Waals surface area contributed by atoms with Crippen molar-refractivity contribution in [3.8, 4) is 17.2 Å². The molecule has 4 rings (SSSR count). The van der Waals surface area contributed by atoms with Gasteiger partial charge >= 0.3 is 0 Å². The summed E-state index contributed by atoms with van der Waals surface area (Å²) in [6.45, 7) is 0.346. The van der Waals surface area contributed by atoms with E-state index in [2.05, 4.69) is 5.32 Å². The summed E-state index contributed by atoms with van der Waals surface area (Å²) >= 11 is 0. The molecule has 1 heterocycles. The molecule has 3 aromatic rings. The van der Waals surface area contributed by atoms with Gasteiger partial charge in [-0.05, 0) is 48.5 Å². The molecule has 0 fully saturated rings. The van der Waals surface area contributed by atoms with Crippen LogP contribution in [0.3, 0.4) is 0 Å². The predicted molar refractivity (Wildman–Crippen MR) is 99.8 cm³/mol. The monoisotopic (exact) mass is 363 g/mol. The highest BCUT2D eigenvalue weighted by Gasteiger charge is 2.24. The molecule has 136 valence electrons. The molecule has 5 heteroatoms. The summed E-state index contributed by atoms with van der Waals surface area (Å²) in [5.41, 5.74) is 1.33. The zero-order chi connectivity index (χ0) is 18.6. The number of fused-ring (bicyclic) bond motifs is 1. The topological polar surface area (TPSA) is 47.6 Å². The van der Waals surface area contributed by atoms with Gasteiger partial charge in [0.25, 0.3) is 5.91 Å². The molecule has 0 aromatic heterocycles. The number of halogens is 1. The van der Waals surface area contributed by atoms with Gasteiger partial charge in [0, 0.05) is 17.5 Å². The van der Waals surface area contributed by atoms with Crippen LogP contribution in [0.4, 0.5) is 4.39 Å². The van der Waals surface area contributed by atoms with Gasteiger partial charge in [0.05, 0.1) is 6.54 Å². The van der Waals surface area contributed by atoms with Crippen molar-refractivity contribution < 1.29 is 18.7 Å². The van der Waals surface area contributed by atoms with E-state index in [-0.39, 0.29) is 12.0 Å². The highest BCUT2D eigenvalue weighted by atomic mass is 19.1. The third-order valence-electron chi connectivity index (χ3n) is 4.33. The quantitative estimate of drug-likeness (QED) is 0.733. The average molecular weight is 363 g/mol. The van der Waals surface area contributed by atoms with Crippen LogP contribution in [0.5, 0.6) is 17.2 Å². The fourth-order valence-corrected chi connectivity index (χ4v) is 3.04. The molecule has 1 unspecified atom stereocenters. The number of para-hydroxylation sites is 1. The number of ether oxygens (including phenoxy) is 2. The van der Waals surface area contributed by atoms with E-state index in [0.29, 0.717) is 18.5 Å². The summed E-state index contributed by atoms with van der Waals surface area (Å²) in [5.74, 6) is 1.56. The van der Waals surface area contributed by atoms with Crippen LogP contribution in [0.25, 0.3) is 0 Å². The molecular weight excluding hydrogens is 345 g/mol. The molecule has 1 amide bonds. The van der Waals surface area contributed by atoms with Crippen LogP contribution in [0.15, 0.2) is 72.8 Å². The Labute approximate surface area is 156 Å². The Hall–Kier alpha value is -3.34. The normalized spacial score (nSPS) is 14.9.